The number of quaternary nitrogens is 1. The standard InChI is InChI=1S/C17H19F17N2O4S/c1-36(2,8-9(37)38)6-3-5-35-41(39,40)7-4-10(18,19)11(20,21)12(22,23)13(24,25)14(26,27)15(28,29)16(30,31)17(32,33)34/h35H,3-8H2,1-2H3. The van der Waals surface area contributed by atoms with Crippen molar-refractivity contribution in [2.24, 2.45) is 0 Å². The topological polar surface area (TPSA) is 86.3 Å². The summed E-state index contributed by atoms with van der Waals surface area (Å²) in [6.45, 7) is -1.51. The van der Waals surface area contributed by atoms with Crippen LogP contribution >= 0.6 is 0 Å². The fourth-order valence-corrected chi connectivity index (χ4v) is 3.98. The Kier molecular flexibility index (Phi) is 10.8. The Morgan fingerprint density at radius 3 is 1.41 bits per heavy atom. The highest BCUT2D eigenvalue weighted by Gasteiger charge is 2.95. The van der Waals surface area contributed by atoms with Gasteiger partial charge in [-0.3, -0.25) is 0 Å². The number of aliphatic carboxylic acids is 1. The summed E-state index contributed by atoms with van der Waals surface area (Å²) in [7, 11) is -2.61. The van der Waals surface area contributed by atoms with Gasteiger partial charge in [0.2, 0.25) is 10.0 Å². The van der Waals surface area contributed by atoms with Crippen LogP contribution in [-0.4, -0.2) is 106 Å². The summed E-state index contributed by atoms with van der Waals surface area (Å²) in [6.07, 6.45) is -11.3. The van der Waals surface area contributed by atoms with Gasteiger partial charge in [-0.2, -0.15) is 74.6 Å². The molecule has 0 heterocycles. The first kappa shape index (κ1) is 39.1. The molecular weight excluding hydrogens is 651 g/mol. The van der Waals surface area contributed by atoms with Gasteiger partial charge in [-0.1, -0.05) is 0 Å². The highest BCUT2D eigenvalue weighted by molar-refractivity contribution is 7.89. The van der Waals surface area contributed by atoms with Crippen molar-refractivity contribution >= 4 is 16.0 Å². The molecule has 6 nitrogen and oxygen atoms in total. The van der Waals surface area contributed by atoms with Crippen molar-refractivity contribution in [3.05, 3.63) is 0 Å². The van der Waals surface area contributed by atoms with Crippen LogP contribution in [-0.2, 0) is 14.8 Å². The van der Waals surface area contributed by atoms with Crippen LogP contribution in [0.15, 0.2) is 0 Å². The molecule has 0 aromatic rings. The van der Waals surface area contributed by atoms with Crippen LogP contribution in [0.4, 0.5) is 74.6 Å². The maximum atomic E-state index is 13.9. The average Bonchev–Trinajstić information content (AvgIpc) is 2.73. The predicted molar refractivity (Wildman–Crippen MR) is 98.6 cm³/mol. The fourth-order valence-electron chi connectivity index (χ4n) is 2.85. The van der Waals surface area contributed by atoms with Gasteiger partial charge < -0.3 is 14.4 Å². The number of hydrogen-bond acceptors (Lipinski definition) is 4. The second-order valence-electron chi connectivity index (χ2n) is 9.15. The highest BCUT2D eigenvalue weighted by atomic mass is 32.2. The summed E-state index contributed by atoms with van der Waals surface area (Å²) in [4.78, 5) is 10.6. The van der Waals surface area contributed by atoms with Gasteiger partial charge in [-0.25, -0.2) is 13.1 Å². The van der Waals surface area contributed by atoms with Gasteiger partial charge in [0.25, 0.3) is 0 Å². The number of alkyl halides is 17. The van der Waals surface area contributed by atoms with Gasteiger partial charge in [-0.15, -0.1) is 0 Å². The minimum Gasteiger partial charge on any atom is -0.544 e. The Labute approximate surface area is 219 Å². The molecule has 0 unspecified atom stereocenters. The van der Waals surface area contributed by atoms with Crippen LogP contribution < -0.4 is 9.83 Å². The zero-order valence-corrected chi connectivity index (χ0v) is 21.0. The zero-order valence-electron chi connectivity index (χ0n) is 20.2. The SMILES string of the molecule is C[N+](C)(CCCNS(=O)(=O)CCC(F)(F)C(F)(F)C(F)(F)C(F)(F)C(F)(F)C(F)(F)C(F)(F)C(F)(F)F)CC(=O)[O-]. The number of carbonyl (C=O) groups excluding carboxylic acids is 1. The van der Waals surface area contributed by atoms with Crippen LogP contribution in [0.5, 0.6) is 0 Å². The van der Waals surface area contributed by atoms with E-state index in [1.807, 2.05) is 0 Å². The summed E-state index contributed by atoms with van der Waals surface area (Å²) in [5, 5.41) is 10.6. The molecule has 0 atom stereocenters. The van der Waals surface area contributed by atoms with E-state index in [4.69, 9.17) is 0 Å². The van der Waals surface area contributed by atoms with E-state index in [1.54, 1.807) is 0 Å². The lowest BCUT2D eigenvalue weighted by atomic mass is 9.88. The normalized spacial score (nSPS) is 15.8. The van der Waals surface area contributed by atoms with Crippen molar-refractivity contribution in [1.29, 1.82) is 0 Å². The molecule has 0 bridgehead atoms. The third-order valence-electron chi connectivity index (χ3n) is 5.29. The molecule has 0 saturated heterocycles. The van der Waals surface area contributed by atoms with Gasteiger partial charge in [-0.05, 0) is 0 Å². The monoisotopic (exact) mass is 670 g/mol. The molecule has 0 aliphatic carbocycles. The van der Waals surface area contributed by atoms with Gasteiger partial charge >= 0.3 is 47.6 Å². The summed E-state index contributed by atoms with van der Waals surface area (Å²) in [6, 6.07) is 0. The number of likely N-dealkylation sites (N-methyl/N-ethyl adjacent to an activating group) is 1. The molecule has 0 fully saturated rings. The van der Waals surface area contributed by atoms with Crippen LogP contribution in [0.25, 0.3) is 0 Å². The number of carboxylic acids is 1. The lowest BCUT2D eigenvalue weighted by Gasteiger charge is -2.42. The molecule has 41 heavy (non-hydrogen) atoms. The minimum atomic E-state index is -8.77. The number of halogens is 17. The Morgan fingerprint density at radius 2 is 1.05 bits per heavy atom. The third kappa shape index (κ3) is 7.39. The molecule has 0 aliphatic rings. The lowest BCUT2D eigenvalue weighted by Crippen LogP contribution is -2.74. The van der Waals surface area contributed by atoms with Gasteiger partial charge in [0.05, 0.1) is 32.4 Å². The van der Waals surface area contributed by atoms with Gasteiger partial charge in [0, 0.05) is 19.4 Å². The number of nitrogens with zero attached hydrogens (tertiary/aromatic N) is 1. The Balaban J connectivity index is 5.96. The molecule has 1 N–H and O–H groups in total. The van der Waals surface area contributed by atoms with E-state index in [-0.39, 0.29) is 17.4 Å². The van der Waals surface area contributed by atoms with Crippen LogP contribution in [0.3, 0.4) is 0 Å². The summed E-state index contributed by atoms with van der Waals surface area (Å²) >= 11 is 0. The van der Waals surface area contributed by atoms with Gasteiger partial charge in [0.1, 0.15) is 6.54 Å². The molecule has 0 amide bonds. The highest BCUT2D eigenvalue weighted by Crippen LogP contribution is 2.64. The summed E-state index contributed by atoms with van der Waals surface area (Å²) < 4.78 is 249. The molecule has 246 valence electrons. The first-order chi connectivity index (χ1) is 17.6. The molecule has 0 rings (SSSR count). The number of nitrogens with one attached hydrogen (secondary N) is 1. The molecule has 0 aliphatic heterocycles. The minimum absolute atomic E-state index is 0.154. The van der Waals surface area contributed by atoms with Crippen molar-refractivity contribution in [2.75, 3.05) is 39.5 Å². The number of sulfonamides is 1. The van der Waals surface area contributed by atoms with E-state index in [0.29, 0.717) is 0 Å². The van der Waals surface area contributed by atoms with Crippen molar-refractivity contribution in [3.8, 4) is 0 Å². The van der Waals surface area contributed by atoms with E-state index in [0.717, 1.165) is 0 Å². The number of carbonyl (C=O) groups is 1. The molecular formula is C17H19F17N2O4S. The second-order valence-corrected chi connectivity index (χ2v) is 11.1. The molecule has 0 spiro atoms. The smallest absolute Gasteiger partial charge is 0.460 e. The van der Waals surface area contributed by atoms with E-state index in [2.05, 4.69) is 0 Å². The Bertz CT molecular complexity index is 1040. The zero-order chi connectivity index (χ0) is 33.5. The largest absolute Gasteiger partial charge is 0.544 e. The average molecular weight is 670 g/mol. The van der Waals surface area contributed by atoms with Crippen molar-refractivity contribution in [1.82, 2.24) is 4.72 Å². The number of hydrogen-bond donors (Lipinski definition) is 1. The maximum Gasteiger partial charge on any atom is 0.460 e. The summed E-state index contributed by atoms with van der Waals surface area (Å²) in [5.74, 6) is -61.6. The first-order valence-corrected chi connectivity index (χ1v) is 11.9. The lowest BCUT2D eigenvalue weighted by molar-refractivity contribution is -0.884. The van der Waals surface area contributed by atoms with Crippen molar-refractivity contribution < 1.29 is 97.4 Å². The van der Waals surface area contributed by atoms with Crippen LogP contribution in [0.1, 0.15) is 12.8 Å². The Morgan fingerprint density at radius 1 is 0.683 bits per heavy atom. The predicted octanol–water partition coefficient (Wildman–Crippen LogP) is 3.52. The number of rotatable bonds is 16. The van der Waals surface area contributed by atoms with E-state index < -0.39 is 88.9 Å². The molecule has 0 saturated carbocycles. The van der Waals surface area contributed by atoms with Crippen molar-refractivity contribution in [2.45, 2.75) is 60.5 Å². The van der Waals surface area contributed by atoms with E-state index in [1.165, 1.54) is 18.8 Å². The van der Waals surface area contributed by atoms with Crippen molar-refractivity contribution in [3.63, 3.8) is 0 Å². The maximum absolute atomic E-state index is 13.9. The van der Waals surface area contributed by atoms with Crippen LogP contribution in [0.2, 0.25) is 0 Å². The molecule has 24 heteroatoms. The summed E-state index contributed by atoms with van der Waals surface area (Å²) in [5.41, 5.74) is 0. The fraction of sp³-hybridized carbons (Fsp3) is 0.941. The van der Waals surface area contributed by atoms with Gasteiger partial charge in [0.15, 0.2) is 0 Å². The quantitative estimate of drug-likeness (QED) is 0.155. The molecule has 0 radical (unpaired) electrons. The second kappa shape index (κ2) is 11.3. The first-order valence-electron chi connectivity index (χ1n) is 10.3. The van der Waals surface area contributed by atoms with E-state index >= 15 is 0 Å². The Hall–Kier alpha value is -1.85. The van der Waals surface area contributed by atoms with Crippen LogP contribution in [0, 0.1) is 0 Å². The van der Waals surface area contributed by atoms with E-state index in [9.17, 15) is 93.0 Å². The third-order valence-corrected chi connectivity index (χ3v) is 6.68. The molecule has 0 aromatic carbocycles. The molecule has 0 aromatic heterocycles. The number of carboxylic acid groups (broad SMARTS) is 1.